The fourth-order valence-electron chi connectivity index (χ4n) is 2.26. The summed E-state index contributed by atoms with van der Waals surface area (Å²) in [6.07, 6.45) is 1.66. The van der Waals surface area contributed by atoms with Crippen LogP contribution in [0.25, 0.3) is 6.08 Å². The average molecular weight is 312 g/mol. The zero-order chi connectivity index (χ0) is 15.7. The number of anilines is 1. The van der Waals surface area contributed by atoms with Gasteiger partial charge in [0.05, 0.1) is 5.69 Å². The van der Waals surface area contributed by atoms with Gasteiger partial charge in [-0.15, -0.1) is 0 Å². The van der Waals surface area contributed by atoms with Gasteiger partial charge in [-0.25, -0.2) is 4.39 Å². The van der Waals surface area contributed by atoms with E-state index in [0.717, 1.165) is 16.8 Å². The highest BCUT2D eigenvalue weighted by atomic mass is 32.1. The lowest BCUT2D eigenvalue weighted by atomic mass is 10.2. The normalized spacial score (nSPS) is 16.3. The zero-order valence-electron chi connectivity index (χ0n) is 11.8. The molecule has 1 aliphatic heterocycles. The predicted octanol–water partition coefficient (Wildman–Crippen LogP) is 3.40. The van der Waals surface area contributed by atoms with E-state index in [0.29, 0.717) is 10.8 Å². The molecule has 3 rings (SSSR count). The zero-order valence-corrected chi connectivity index (χ0v) is 12.7. The Bertz CT molecular complexity index is 784. The van der Waals surface area contributed by atoms with E-state index in [1.807, 2.05) is 31.2 Å². The Hall–Kier alpha value is -2.53. The van der Waals surface area contributed by atoms with E-state index in [1.54, 1.807) is 18.2 Å². The highest BCUT2D eigenvalue weighted by molar-refractivity contribution is 7.80. The van der Waals surface area contributed by atoms with Crippen LogP contribution < -0.4 is 10.2 Å². The second-order valence-corrected chi connectivity index (χ2v) is 5.41. The van der Waals surface area contributed by atoms with Crippen molar-refractivity contribution in [3.8, 4) is 0 Å². The highest BCUT2D eigenvalue weighted by Gasteiger charge is 2.31. The Morgan fingerprint density at radius 2 is 1.91 bits per heavy atom. The van der Waals surface area contributed by atoms with Crippen LogP contribution in [0.3, 0.4) is 0 Å². The Labute approximate surface area is 133 Å². The van der Waals surface area contributed by atoms with E-state index < -0.39 is 0 Å². The summed E-state index contributed by atoms with van der Waals surface area (Å²) in [5, 5.41) is 3.25. The summed E-state index contributed by atoms with van der Waals surface area (Å²) < 4.78 is 12.9. The summed E-state index contributed by atoms with van der Waals surface area (Å²) in [5.74, 6) is -0.537. The van der Waals surface area contributed by atoms with E-state index in [4.69, 9.17) is 12.2 Å². The first-order valence-corrected chi connectivity index (χ1v) is 7.15. The monoisotopic (exact) mass is 312 g/mol. The van der Waals surface area contributed by atoms with Crippen LogP contribution in [0.1, 0.15) is 11.1 Å². The summed E-state index contributed by atoms with van der Waals surface area (Å²) in [7, 11) is 0. The number of halogens is 1. The van der Waals surface area contributed by atoms with Crippen molar-refractivity contribution in [1.29, 1.82) is 0 Å². The van der Waals surface area contributed by atoms with Gasteiger partial charge < -0.3 is 5.32 Å². The molecule has 0 spiro atoms. The maximum atomic E-state index is 12.9. The van der Waals surface area contributed by atoms with Gasteiger partial charge in [0.25, 0.3) is 5.91 Å². The summed E-state index contributed by atoms with van der Waals surface area (Å²) in [6.45, 7) is 1.95. The third-order valence-electron chi connectivity index (χ3n) is 3.32. The number of hydrogen-bond acceptors (Lipinski definition) is 2. The second-order valence-electron chi connectivity index (χ2n) is 5.02. The van der Waals surface area contributed by atoms with Crippen LogP contribution in [0.5, 0.6) is 0 Å². The molecule has 0 unspecified atom stereocenters. The van der Waals surface area contributed by atoms with Crippen LogP contribution in [0.2, 0.25) is 0 Å². The maximum Gasteiger partial charge on any atom is 0.281 e. The summed E-state index contributed by atoms with van der Waals surface area (Å²) in [6, 6.07) is 13.5. The summed E-state index contributed by atoms with van der Waals surface area (Å²) in [5.41, 5.74) is 2.87. The fourth-order valence-corrected chi connectivity index (χ4v) is 2.56. The summed E-state index contributed by atoms with van der Waals surface area (Å²) in [4.78, 5) is 14.0. The smallest absolute Gasteiger partial charge is 0.281 e. The van der Waals surface area contributed by atoms with Gasteiger partial charge in [0.15, 0.2) is 5.11 Å². The molecule has 1 saturated heterocycles. The minimum absolute atomic E-state index is 0.222. The number of amides is 1. The molecule has 0 bridgehead atoms. The lowest BCUT2D eigenvalue weighted by molar-refractivity contribution is -0.113. The number of thiocarbonyl (C=S) groups is 1. The van der Waals surface area contributed by atoms with Gasteiger partial charge in [-0.3, -0.25) is 9.69 Å². The molecule has 2 aromatic rings. The molecule has 0 saturated carbocycles. The Morgan fingerprint density at radius 3 is 2.59 bits per heavy atom. The van der Waals surface area contributed by atoms with Crippen molar-refractivity contribution >= 4 is 35.0 Å². The number of rotatable bonds is 2. The number of nitrogens with zero attached hydrogens (tertiary/aromatic N) is 1. The van der Waals surface area contributed by atoms with Gasteiger partial charge in [0.2, 0.25) is 0 Å². The first-order valence-electron chi connectivity index (χ1n) is 6.74. The van der Waals surface area contributed by atoms with Crippen LogP contribution in [0, 0.1) is 12.7 Å². The standard InChI is InChI=1S/C17H13FN2OS/c1-11-3-2-4-14(9-11)20-16(21)15(19-17(20)22)10-12-5-7-13(18)8-6-12/h2-10H,1H3,(H,19,22)/b15-10+. The maximum absolute atomic E-state index is 12.9. The number of carbonyl (C=O) groups is 1. The molecule has 3 nitrogen and oxygen atoms in total. The van der Waals surface area contributed by atoms with Crippen LogP contribution in [0.15, 0.2) is 54.2 Å². The molecule has 110 valence electrons. The van der Waals surface area contributed by atoms with Crippen molar-refractivity contribution in [2.45, 2.75) is 6.92 Å². The van der Waals surface area contributed by atoms with Crippen LogP contribution in [-0.4, -0.2) is 11.0 Å². The summed E-state index contributed by atoms with van der Waals surface area (Å²) >= 11 is 5.25. The third kappa shape index (κ3) is 2.76. The molecule has 0 aromatic heterocycles. The number of hydrogen-bond donors (Lipinski definition) is 1. The topological polar surface area (TPSA) is 32.3 Å². The highest BCUT2D eigenvalue weighted by Crippen LogP contribution is 2.23. The van der Waals surface area contributed by atoms with Gasteiger partial charge in [0.1, 0.15) is 11.5 Å². The van der Waals surface area contributed by atoms with E-state index in [9.17, 15) is 9.18 Å². The van der Waals surface area contributed by atoms with Crippen molar-refractivity contribution in [3.63, 3.8) is 0 Å². The van der Waals surface area contributed by atoms with E-state index in [-0.39, 0.29) is 11.7 Å². The first kappa shape index (κ1) is 14.4. The molecule has 22 heavy (non-hydrogen) atoms. The van der Waals surface area contributed by atoms with Crippen molar-refractivity contribution < 1.29 is 9.18 Å². The van der Waals surface area contributed by atoms with Crippen molar-refractivity contribution in [2.75, 3.05) is 4.90 Å². The van der Waals surface area contributed by atoms with Crippen molar-refractivity contribution in [2.24, 2.45) is 0 Å². The molecule has 0 radical (unpaired) electrons. The second kappa shape index (κ2) is 5.69. The van der Waals surface area contributed by atoms with Gasteiger partial charge in [-0.2, -0.15) is 0 Å². The van der Waals surface area contributed by atoms with Gasteiger partial charge in [-0.05, 0) is 60.6 Å². The molecule has 5 heteroatoms. The Morgan fingerprint density at radius 1 is 1.18 bits per heavy atom. The average Bonchev–Trinajstić information content (AvgIpc) is 2.76. The van der Waals surface area contributed by atoms with Crippen molar-refractivity contribution in [3.05, 3.63) is 71.2 Å². The molecule has 1 aliphatic rings. The molecule has 1 fully saturated rings. The molecular weight excluding hydrogens is 299 g/mol. The number of nitrogens with one attached hydrogen (secondary N) is 1. The minimum Gasteiger partial charge on any atom is -0.327 e. The van der Waals surface area contributed by atoms with E-state index >= 15 is 0 Å². The van der Waals surface area contributed by atoms with Crippen LogP contribution >= 0.6 is 12.2 Å². The van der Waals surface area contributed by atoms with Crippen molar-refractivity contribution in [1.82, 2.24) is 5.32 Å². The predicted molar refractivity (Wildman–Crippen MR) is 88.8 cm³/mol. The molecular formula is C17H13FN2OS. The molecule has 0 atom stereocenters. The largest absolute Gasteiger partial charge is 0.327 e. The lowest BCUT2D eigenvalue weighted by Gasteiger charge is -2.14. The Kier molecular flexibility index (Phi) is 3.73. The quantitative estimate of drug-likeness (QED) is 0.681. The molecule has 1 amide bonds. The lowest BCUT2D eigenvalue weighted by Crippen LogP contribution is -2.30. The van der Waals surface area contributed by atoms with Crippen LogP contribution in [0.4, 0.5) is 10.1 Å². The SMILES string of the molecule is Cc1cccc(N2C(=O)/C(=C\c3ccc(F)cc3)NC2=S)c1. The number of benzene rings is 2. The minimum atomic E-state index is -0.315. The fraction of sp³-hybridized carbons (Fsp3) is 0.0588. The van der Waals surface area contributed by atoms with Crippen LogP contribution in [-0.2, 0) is 4.79 Å². The molecule has 1 heterocycles. The first-order chi connectivity index (χ1) is 10.5. The van der Waals surface area contributed by atoms with E-state index in [1.165, 1.54) is 17.0 Å². The van der Waals surface area contributed by atoms with Gasteiger partial charge in [-0.1, -0.05) is 24.3 Å². The third-order valence-corrected chi connectivity index (χ3v) is 3.60. The van der Waals surface area contributed by atoms with Gasteiger partial charge in [0, 0.05) is 0 Å². The molecule has 2 aromatic carbocycles. The Balaban J connectivity index is 1.93. The molecule has 0 aliphatic carbocycles. The van der Waals surface area contributed by atoms with E-state index in [2.05, 4.69) is 5.32 Å². The molecule has 1 N–H and O–H groups in total. The van der Waals surface area contributed by atoms with Gasteiger partial charge >= 0.3 is 0 Å². The number of carbonyl (C=O) groups excluding carboxylic acids is 1. The number of aryl methyl sites for hydroxylation is 1.